The number of carbonyl (C=O) groups excluding carboxylic acids is 2. The van der Waals surface area contributed by atoms with E-state index in [-0.39, 0.29) is 30.3 Å². The first-order valence-corrected chi connectivity index (χ1v) is 8.84. The molecule has 0 saturated carbocycles. The normalized spacial score (nSPS) is 18.7. The number of benzene rings is 1. The van der Waals surface area contributed by atoms with E-state index in [4.69, 9.17) is 17.3 Å². The minimum atomic E-state index is -0.588. The molecule has 0 aromatic heterocycles. The van der Waals surface area contributed by atoms with Crippen molar-refractivity contribution in [2.75, 3.05) is 13.1 Å². The zero-order valence-electron chi connectivity index (χ0n) is 14.3. The Kier molecular flexibility index (Phi) is 6.63. The fourth-order valence-electron chi connectivity index (χ4n) is 2.98. The molecule has 2 amide bonds. The van der Waals surface area contributed by atoms with Crippen LogP contribution in [0, 0.1) is 5.92 Å². The van der Waals surface area contributed by atoms with Crippen LogP contribution in [0.5, 0.6) is 0 Å². The molecule has 1 aliphatic rings. The second kappa shape index (κ2) is 8.49. The average Bonchev–Trinajstić information content (AvgIpc) is 3.01. The van der Waals surface area contributed by atoms with Gasteiger partial charge < -0.3 is 16.0 Å². The van der Waals surface area contributed by atoms with Crippen molar-refractivity contribution >= 4 is 23.4 Å². The summed E-state index contributed by atoms with van der Waals surface area (Å²) in [5.41, 5.74) is 6.84. The third-order valence-electron chi connectivity index (χ3n) is 4.55. The number of nitrogens with two attached hydrogens (primary N) is 1. The lowest BCUT2D eigenvalue weighted by atomic mass is 10.0. The lowest BCUT2D eigenvalue weighted by Crippen LogP contribution is -2.48. The summed E-state index contributed by atoms with van der Waals surface area (Å²) >= 11 is 6.22. The Balaban J connectivity index is 1.91. The van der Waals surface area contributed by atoms with Gasteiger partial charge in [0.25, 0.3) is 0 Å². The molecule has 0 radical (unpaired) electrons. The predicted octanol–water partition coefficient (Wildman–Crippen LogP) is 1.97. The number of carbonyl (C=O) groups is 2. The van der Waals surface area contributed by atoms with Gasteiger partial charge in [-0.2, -0.15) is 0 Å². The van der Waals surface area contributed by atoms with Gasteiger partial charge in [0, 0.05) is 17.6 Å². The molecule has 24 heavy (non-hydrogen) atoms. The molecule has 1 fully saturated rings. The van der Waals surface area contributed by atoms with Gasteiger partial charge in [-0.25, -0.2) is 0 Å². The minimum absolute atomic E-state index is 0.00171. The number of nitrogens with zero attached hydrogens (tertiary/aromatic N) is 1. The molecule has 2 atom stereocenters. The molecular formula is C18H26ClN3O2. The molecule has 1 aliphatic heterocycles. The lowest BCUT2D eigenvalue weighted by molar-refractivity contribution is -0.134. The summed E-state index contributed by atoms with van der Waals surface area (Å²) < 4.78 is 0. The average molecular weight is 352 g/mol. The Bertz CT molecular complexity index is 591. The highest BCUT2D eigenvalue weighted by Gasteiger charge is 2.29. The van der Waals surface area contributed by atoms with E-state index in [0.29, 0.717) is 0 Å². The molecule has 0 spiro atoms. The third kappa shape index (κ3) is 4.71. The molecule has 6 heteroatoms. The number of halogens is 1. The molecule has 132 valence electrons. The fraction of sp³-hybridized carbons (Fsp3) is 0.556. The van der Waals surface area contributed by atoms with Crippen LogP contribution in [0.2, 0.25) is 5.02 Å². The van der Waals surface area contributed by atoms with Crippen molar-refractivity contribution in [1.29, 1.82) is 0 Å². The topological polar surface area (TPSA) is 75.4 Å². The zero-order chi connectivity index (χ0) is 17.7. The third-order valence-corrected chi connectivity index (χ3v) is 4.91. The minimum Gasteiger partial charge on any atom is -0.346 e. The molecule has 1 heterocycles. The quantitative estimate of drug-likeness (QED) is 0.822. The maximum absolute atomic E-state index is 12.5. The Morgan fingerprint density at radius 2 is 2.08 bits per heavy atom. The first kappa shape index (κ1) is 18.7. The van der Waals surface area contributed by atoms with E-state index in [2.05, 4.69) is 5.32 Å². The van der Waals surface area contributed by atoms with Gasteiger partial charge in [-0.3, -0.25) is 9.59 Å². The summed E-state index contributed by atoms with van der Waals surface area (Å²) in [4.78, 5) is 26.2. The Labute approximate surface area is 148 Å². The SMILES string of the molecule is CC(C)[C@H](N)C(=O)NCC(=O)N1CCCC1Cc1ccccc1Cl. The van der Waals surface area contributed by atoms with Crippen LogP contribution in [-0.4, -0.2) is 41.9 Å². The van der Waals surface area contributed by atoms with Crippen molar-refractivity contribution in [3.05, 3.63) is 34.9 Å². The van der Waals surface area contributed by atoms with Crippen LogP contribution in [-0.2, 0) is 16.0 Å². The van der Waals surface area contributed by atoms with Gasteiger partial charge in [0.05, 0.1) is 12.6 Å². The molecule has 3 N–H and O–H groups in total. The first-order valence-electron chi connectivity index (χ1n) is 8.46. The van der Waals surface area contributed by atoms with Crippen molar-refractivity contribution in [3.63, 3.8) is 0 Å². The molecule has 0 aliphatic carbocycles. The predicted molar refractivity (Wildman–Crippen MR) is 95.7 cm³/mol. The number of hydrogen-bond donors (Lipinski definition) is 2. The van der Waals surface area contributed by atoms with Gasteiger partial charge in [0.2, 0.25) is 11.8 Å². The highest BCUT2D eigenvalue weighted by atomic mass is 35.5. The summed E-state index contributed by atoms with van der Waals surface area (Å²) in [6, 6.07) is 7.26. The second-order valence-electron chi connectivity index (χ2n) is 6.67. The summed E-state index contributed by atoms with van der Waals surface area (Å²) in [6.45, 7) is 4.48. The van der Waals surface area contributed by atoms with Gasteiger partial charge in [-0.15, -0.1) is 0 Å². The van der Waals surface area contributed by atoms with Crippen molar-refractivity contribution in [3.8, 4) is 0 Å². The Morgan fingerprint density at radius 3 is 2.75 bits per heavy atom. The van der Waals surface area contributed by atoms with Crippen LogP contribution in [0.1, 0.15) is 32.3 Å². The van der Waals surface area contributed by atoms with Gasteiger partial charge in [0.15, 0.2) is 0 Å². The molecule has 0 bridgehead atoms. The first-order chi connectivity index (χ1) is 11.4. The van der Waals surface area contributed by atoms with Crippen molar-refractivity contribution in [1.82, 2.24) is 10.2 Å². The summed E-state index contributed by atoms with van der Waals surface area (Å²) in [5.74, 6) is -0.297. The number of nitrogens with one attached hydrogen (secondary N) is 1. The maximum atomic E-state index is 12.5. The van der Waals surface area contributed by atoms with Crippen LogP contribution < -0.4 is 11.1 Å². The van der Waals surface area contributed by atoms with E-state index in [9.17, 15) is 9.59 Å². The Morgan fingerprint density at radius 1 is 1.38 bits per heavy atom. The van der Waals surface area contributed by atoms with E-state index in [0.717, 1.165) is 36.4 Å². The second-order valence-corrected chi connectivity index (χ2v) is 7.07. The molecule has 5 nitrogen and oxygen atoms in total. The monoisotopic (exact) mass is 351 g/mol. The van der Waals surface area contributed by atoms with Gasteiger partial charge in [-0.1, -0.05) is 43.6 Å². The van der Waals surface area contributed by atoms with E-state index in [1.54, 1.807) is 0 Å². The molecule has 1 unspecified atom stereocenters. The standard InChI is InChI=1S/C18H26ClN3O2/c1-12(2)17(20)18(24)21-11-16(23)22-9-5-7-14(22)10-13-6-3-4-8-15(13)19/h3-4,6,8,12,14,17H,5,7,9-11,20H2,1-2H3,(H,21,24)/t14?,17-/m0/s1. The molecule has 1 aromatic rings. The van der Waals surface area contributed by atoms with Crippen molar-refractivity contribution in [2.45, 2.75) is 45.2 Å². The molecule has 1 saturated heterocycles. The highest BCUT2D eigenvalue weighted by molar-refractivity contribution is 6.31. The lowest BCUT2D eigenvalue weighted by Gasteiger charge is -2.26. The number of amides is 2. The van der Waals surface area contributed by atoms with Crippen molar-refractivity contribution < 1.29 is 9.59 Å². The highest BCUT2D eigenvalue weighted by Crippen LogP contribution is 2.24. The van der Waals surface area contributed by atoms with Crippen LogP contribution in [0.15, 0.2) is 24.3 Å². The van der Waals surface area contributed by atoms with Gasteiger partial charge in [-0.05, 0) is 36.8 Å². The molecule has 1 aromatic carbocycles. The van der Waals surface area contributed by atoms with Crippen LogP contribution in [0.4, 0.5) is 0 Å². The zero-order valence-corrected chi connectivity index (χ0v) is 15.1. The molecular weight excluding hydrogens is 326 g/mol. The van der Waals surface area contributed by atoms with Crippen LogP contribution >= 0.6 is 11.6 Å². The van der Waals surface area contributed by atoms with Crippen LogP contribution in [0.3, 0.4) is 0 Å². The number of rotatable bonds is 6. The summed E-state index contributed by atoms with van der Waals surface area (Å²) in [5, 5.41) is 3.38. The van der Waals surface area contributed by atoms with Gasteiger partial charge in [0.1, 0.15) is 0 Å². The van der Waals surface area contributed by atoms with Crippen LogP contribution in [0.25, 0.3) is 0 Å². The summed E-state index contributed by atoms with van der Waals surface area (Å²) in [6.07, 6.45) is 2.67. The van der Waals surface area contributed by atoms with E-state index >= 15 is 0 Å². The number of likely N-dealkylation sites (tertiary alicyclic amines) is 1. The molecule has 2 rings (SSSR count). The van der Waals surface area contributed by atoms with E-state index in [1.807, 2.05) is 43.0 Å². The smallest absolute Gasteiger partial charge is 0.242 e. The Hall–Kier alpha value is -1.59. The maximum Gasteiger partial charge on any atom is 0.242 e. The van der Waals surface area contributed by atoms with E-state index in [1.165, 1.54) is 0 Å². The van der Waals surface area contributed by atoms with Crippen molar-refractivity contribution in [2.24, 2.45) is 11.7 Å². The van der Waals surface area contributed by atoms with Gasteiger partial charge >= 0.3 is 0 Å². The number of hydrogen-bond acceptors (Lipinski definition) is 3. The summed E-state index contributed by atoms with van der Waals surface area (Å²) in [7, 11) is 0. The largest absolute Gasteiger partial charge is 0.346 e. The van der Waals surface area contributed by atoms with E-state index < -0.39 is 6.04 Å². The fourth-order valence-corrected chi connectivity index (χ4v) is 3.19.